The number of hydrogen-bond acceptors (Lipinski definition) is 2. The third-order valence-electron chi connectivity index (χ3n) is 8.92. The lowest BCUT2D eigenvalue weighted by molar-refractivity contribution is -0.112. The van der Waals surface area contributed by atoms with Crippen LogP contribution in [0.1, 0.15) is 206 Å². The van der Waals surface area contributed by atoms with Crippen molar-refractivity contribution >= 4 is 33.7 Å². The fourth-order valence-corrected chi connectivity index (χ4v) is 6.63. The van der Waals surface area contributed by atoms with Gasteiger partial charge in [-0.1, -0.05) is 181 Å². The van der Waals surface area contributed by atoms with Crippen LogP contribution < -0.4 is 0 Å². The molecule has 0 aliphatic rings. The van der Waals surface area contributed by atoms with Gasteiger partial charge in [0, 0.05) is 12.8 Å². The van der Waals surface area contributed by atoms with Gasteiger partial charge in [0.05, 0.1) is 0 Å². The molecule has 0 fully saturated rings. The standard InChI is InChI=1S/C36H68Cl2O2/c1-3-5-7-9-11-15-21-27-33(29-23-17-13-19-25-31-35(37)39)34(28-22-16-12-10-8-6-4-2)30-24-18-14-20-26-32-36(38)40/h33-34H,3-32H2,1-2H3. The van der Waals surface area contributed by atoms with Crippen LogP contribution in [0.3, 0.4) is 0 Å². The first-order valence-electron chi connectivity index (χ1n) is 17.9. The molecule has 0 spiro atoms. The van der Waals surface area contributed by atoms with Crippen molar-refractivity contribution in [2.45, 2.75) is 206 Å². The summed E-state index contributed by atoms with van der Waals surface area (Å²) in [5.74, 6) is 1.77. The smallest absolute Gasteiger partial charge is 0.221 e. The fraction of sp³-hybridized carbons (Fsp3) is 0.944. The highest BCUT2D eigenvalue weighted by atomic mass is 35.5. The molecule has 0 N–H and O–H groups in total. The minimum atomic E-state index is -0.185. The molecule has 0 saturated carbocycles. The van der Waals surface area contributed by atoms with Gasteiger partial charge in [0.15, 0.2) is 0 Å². The van der Waals surface area contributed by atoms with Crippen LogP contribution in [0.25, 0.3) is 0 Å². The Morgan fingerprint density at radius 2 is 0.600 bits per heavy atom. The predicted molar refractivity (Wildman–Crippen MR) is 179 cm³/mol. The van der Waals surface area contributed by atoms with Gasteiger partial charge in [-0.3, -0.25) is 9.59 Å². The third kappa shape index (κ3) is 29.4. The number of carbonyl (C=O) groups is 2. The molecule has 2 atom stereocenters. The van der Waals surface area contributed by atoms with Gasteiger partial charge in [-0.05, 0) is 47.9 Å². The molecule has 0 aromatic carbocycles. The van der Waals surface area contributed by atoms with Crippen molar-refractivity contribution in [1.29, 1.82) is 0 Å². The SMILES string of the molecule is CCCCCCCCCC(CCCCCCCC(=O)Cl)C(CCCCCCCCC)CCCCCCCC(=O)Cl. The van der Waals surface area contributed by atoms with Crippen molar-refractivity contribution in [3.63, 3.8) is 0 Å². The summed E-state index contributed by atoms with van der Waals surface area (Å²) >= 11 is 11.0. The van der Waals surface area contributed by atoms with Gasteiger partial charge < -0.3 is 0 Å². The minimum absolute atomic E-state index is 0.185. The maximum atomic E-state index is 11.0. The van der Waals surface area contributed by atoms with Gasteiger partial charge in [-0.25, -0.2) is 0 Å². The van der Waals surface area contributed by atoms with Crippen LogP contribution in [0.2, 0.25) is 0 Å². The van der Waals surface area contributed by atoms with Crippen molar-refractivity contribution < 1.29 is 9.59 Å². The zero-order valence-corrected chi connectivity index (χ0v) is 28.5. The first kappa shape index (κ1) is 39.9. The summed E-state index contributed by atoms with van der Waals surface area (Å²) in [5.41, 5.74) is 0. The zero-order chi connectivity index (χ0) is 29.5. The van der Waals surface area contributed by atoms with Crippen LogP contribution in [0, 0.1) is 11.8 Å². The van der Waals surface area contributed by atoms with E-state index >= 15 is 0 Å². The molecule has 0 radical (unpaired) electrons. The highest BCUT2D eigenvalue weighted by Crippen LogP contribution is 2.33. The molecule has 0 aliphatic carbocycles. The quantitative estimate of drug-likeness (QED) is 0.0552. The highest BCUT2D eigenvalue weighted by molar-refractivity contribution is 6.63. The van der Waals surface area contributed by atoms with Gasteiger partial charge >= 0.3 is 0 Å². The van der Waals surface area contributed by atoms with Gasteiger partial charge in [-0.15, -0.1) is 0 Å². The van der Waals surface area contributed by atoms with E-state index in [1.54, 1.807) is 0 Å². The minimum Gasteiger partial charge on any atom is -0.281 e. The predicted octanol–water partition coefficient (Wildman–Crippen LogP) is 13.5. The maximum Gasteiger partial charge on any atom is 0.221 e. The summed E-state index contributed by atoms with van der Waals surface area (Å²) in [4.78, 5) is 22.0. The molecular weight excluding hydrogens is 535 g/mol. The first-order valence-corrected chi connectivity index (χ1v) is 18.6. The van der Waals surface area contributed by atoms with E-state index in [9.17, 15) is 9.59 Å². The van der Waals surface area contributed by atoms with Gasteiger partial charge in [0.2, 0.25) is 10.5 Å². The Hall–Kier alpha value is -0.0800. The second-order valence-corrected chi connectivity index (χ2v) is 13.5. The first-order chi connectivity index (χ1) is 19.5. The van der Waals surface area contributed by atoms with Gasteiger partial charge in [0.25, 0.3) is 0 Å². The molecule has 2 unspecified atom stereocenters. The molecule has 4 heteroatoms. The summed E-state index contributed by atoms with van der Waals surface area (Å²) in [6.07, 6.45) is 38.2. The van der Waals surface area contributed by atoms with E-state index in [1.165, 1.54) is 154 Å². The molecule has 0 aromatic heterocycles. The number of rotatable bonds is 33. The molecule has 0 amide bonds. The van der Waals surface area contributed by atoms with E-state index in [1.807, 2.05) is 0 Å². The Bertz CT molecular complexity index is 503. The lowest BCUT2D eigenvalue weighted by atomic mass is 9.78. The second kappa shape index (κ2) is 31.8. The van der Waals surface area contributed by atoms with E-state index in [0.29, 0.717) is 12.8 Å². The Morgan fingerprint density at radius 3 is 0.850 bits per heavy atom. The molecule has 0 aliphatic heterocycles. The Labute approximate surface area is 260 Å². The highest BCUT2D eigenvalue weighted by Gasteiger charge is 2.20. The number of unbranched alkanes of at least 4 members (excludes halogenated alkanes) is 20. The Kier molecular flexibility index (Phi) is 31.8. The molecule has 0 heterocycles. The van der Waals surface area contributed by atoms with Crippen molar-refractivity contribution in [2.75, 3.05) is 0 Å². The van der Waals surface area contributed by atoms with E-state index in [4.69, 9.17) is 23.2 Å². The van der Waals surface area contributed by atoms with Crippen molar-refractivity contribution in [3.8, 4) is 0 Å². The average molecular weight is 604 g/mol. The number of halogens is 2. The summed E-state index contributed by atoms with van der Waals surface area (Å²) in [7, 11) is 0. The van der Waals surface area contributed by atoms with Crippen molar-refractivity contribution in [3.05, 3.63) is 0 Å². The summed E-state index contributed by atoms with van der Waals surface area (Å²) in [6.45, 7) is 4.60. The van der Waals surface area contributed by atoms with Crippen LogP contribution in [0.4, 0.5) is 0 Å². The molecule has 238 valence electrons. The molecule has 0 aromatic rings. The van der Waals surface area contributed by atoms with Crippen molar-refractivity contribution in [2.24, 2.45) is 11.8 Å². The van der Waals surface area contributed by atoms with Gasteiger partial charge in [-0.2, -0.15) is 0 Å². The maximum absolute atomic E-state index is 11.0. The normalized spacial score (nSPS) is 13.0. The fourth-order valence-electron chi connectivity index (χ4n) is 6.36. The van der Waals surface area contributed by atoms with Gasteiger partial charge in [0.1, 0.15) is 0 Å². The lowest BCUT2D eigenvalue weighted by Gasteiger charge is -2.28. The van der Waals surface area contributed by atoms with E-state index in [2.05, 4.69) is 13.8 Å². The molecular formula is C36H68Cl2O2. The molecule has 40 heavy (non-hydrogen) atoms. The van der Waals surface area contributed by atoms with E-state index in [-0.39, 0.29) is 10.5 Å². The molecule has 0 saturated heterocycles. The van der Waals surface area contributed by atoms with Crippen LogP contribution in [-0.2, 0) is 9.59 Å². The van der Waals surface area contributed by atoms with Crippen LogP contribution >= 0.6 is 23.2 Å². The molecule has 2 nitrogen and oxygen atoms in total. The zero-order valence-electron chi connectivity index (χ0n) is 26.9. The Balaban J connectivity index is 4.78. The summed E-state index contributed by atoms with van der Waals surface area (Å²) in [5, 5.41) is -0.369. The summed E-state index contributed by atoms with van der Waals surface area (Å²) < 4.78 is 0. The monoisotopic (exact) mass is 602 g/mol. The van der Waals surface area contributed by atoms with E-state index in [0.717, 1.165) is 37.5 Å². The number of carbonyl (C=O) groups excluding carboxylic acids is 2. The Morgan fingerprint density at radius 1 is 0.375 bits per heavy atom. The van der Waals surface area contributed by atoms with Crippen LogP contribution in [0.5, 0.6) is 0 Å². The molecule has 0 rings (SSSR count). The molecule has 0 bridgehead atoms. The third-order valence-corrected chi connectivity index (χ3v) is 9.30. The largest absolute Gasteiger partial charge is 0.281 e. The van der Waals surface area contributed by atoms with Crippen molar-refractivity contribution in [1.82, 2.24) is 0 Å². The average Bonchev–Trinajstić information content (AvgIpc) is 2.92. The topological polar surface area (TPSA) is 34.1 Å². The summed E-state index contributed by atoms with van der Waals surface area (Å²) in [6, 6.07) is 0. The lowest BCUT2D eigenvalue weighted by Crippen LogP contribution is -2.16. The van der Waals surface area contributed by atoms with E-state index < -0.39 is 0 Å². The second-order valence-electron chi connectivity index (χ2n) is 12.7. The number of hydrogen-bond donors (Lipinski definition) is 0. The van der Waals surface area contributed by atoms with Crippen LogP contribution in [-0.4, -0.2) is 10.5 Å². The van der Waals surface area contributed by atoms with Crippen LogP contribution in [0.15, 0.2) is 0 Å².